The van der Waals surface area contributed by atoms with Crippen molar-refractivity contribution in [1.82, 2.24) is 0 Å². The SMILES string of the molecule is CCN(CC)c1ccc2c(c1)O/C(=C/C1=CC(=C(C)C#N)C=C(C)O1)C=C2C. The van der Waals surface area contributed by atoms with Gasteiger partial charge < -0.3 is 14.4 Å². The minimum absolute atomic E-state index is 0.657. The first-order valence-electron chi connectivity index (χ1n) is 9.61. The highest BCUT2D eigenvalue weighted by molar-refractivity contribution is 5.76. The van der Waals surface area contributed by atoms with Crippen LogP contribution < -0.4 is 9.64 Å². The Morgan fingerprint density at radius 2 is 1.86 bits per heavy atom. The Morgan fingerprint density at radius 1 is 1.11 bits per heavy atom. The minimum atomic E-state index is 0.657. The van der Waals surface area contributed by atoms with E-state index < -0.39 is 0 Å². The normalized spacial score (nSPS) is 18.7. The average Bonchev–Trinajstić information content (AvgIpc) is 2.67. The van der Waals surface area contributed by atoms with Crippen molar-refractivity contribution in [3.05, 3.63) is 76.5 Å². The highest BCUT2D eigenvalue weighted by Gasteiger charge is 2.17. The maximum atomic E-state index is 9.18. The Balaban J connectivity index is 1.95. The van der Waals surface area contributed by atoms with Gasteiger partial charge in [0.05, 0.1) is 6.07 Å². The number of hydrogen-bond donors (Lipinski definition) is 0. The number of hydrogen-bond acceptors (Lipinski definition) is 4. The van der Waals surface area contributed by atoms with Gasteiger partial charge in [-0.05, 0) is 76.1 Å². The van der Waals surface area contributed by atoms with E-state index in [9.17, 15) is 5.26 Å². The number of allylic oxidation sites excluding steroid dienone is 8. The maximum absolute atomic E-state index is 9.18. The van der Waals surface area contributed by atoms with Crippen LogP contribution in [0, 0.1) is 11.3 Å². The first-order valence-corrected chi connectivity index (χ1v) is 9.61. The molecule has 0 amide bonds. The predicted octanol–water partition coefficient (Wildman–Crippen LogP) is 5.87. The highest BCUT2D eigenvalue weighted by Crippen LogP contribution is 2.36. The summed E-state index contributed by atoms with van der Waals surface area (Å²) in [6.07, 6.45) is 7.62. The molecule has 28 heavy (non-hydrogen) atoms. The first kappa shape index (κ1) is 19.6. The van der Waals surface area contributed by atoms with Crippen LogP contribution in [0.25, 0.3) is 5.57 Å². The largest absolute Gasteiger partial charge is 0.462 e. The zero-order chi connectivity index (χ0) is 20.3. The first-order chi connectivity index (χ1) is 13.4. The lowest BCUT2D eigenvalue weighted by Gasteiger charge is -2.25. The van der Waals surface area contributed by atoms with Crippen LogP contribution in [0.1, 0.15) is 40.2 Å². The third kappa shape index (κ3) is 4.04. The second-order valence-corrected chi connectivity index (χ2v) is 6.92. The monoisotopic (exact) mass is 374 g/mol. The molecule has 144 valence electrons. The standard InChI is InChI=1S/C24H26N2O2/c1-6-26(7-2)20-8-9-23-16(3)10-21(28-24(23)13-20)14-22-12-19(17(4)15-25)11-18(5)27-22/h8-14H,6-7H2,1-5H3/b19-17?,21-14+. The molecule has 0 radical (unpaired) electrons. The van der Waals surface area contributed by atoms with Gasteiger partial charge in [-0.2, -0.15) is 5.26 Å². The highest BCUT2D eigenvalue weighted by atomic mass is 16.5. The van der Waals surface area contributed by atoms with E-state index in [2.05, 4.69) is 49.9 Å². The summed E-state index contributed by atoms with van der Waals surface area (Å²) >= 11 is 0. The Bertz CT molecular complexity index is 980. The van der Waals surface area contributed by atoms with Crippen molar-refractivity contribution in [2.24, 2.45) is 0 Å². The maximum Gasteiger partial charge on any atom is 0.136 e. The molecule has 0 aliphatic carbocycles. The third-order valence-corrected chi connectivity index (χ3v) is 4.93. The number of nitrogens with zero attached hydrogens (tertiary/aromatic N) is 2. The molecule has 4 heteroatoms. The molecular weight excluding hydrogens is 348 g/mol. The van der Waals surface area contributed by atoms with E-state index in [-0.39, 0.29) is 0 Å². The number of anilines is 1. The topological polar surface area (TPSA) is 45.5 Å². The van der Waals surface area contributed by atoms with Crippen molar-refractivity contribution in [1.29, 1.82) is 5.26 Å². The summed E-state index contributed by atoms with van der Waals surface area (Å²) in [5, 5.41) is 9.18. The third-order valence-electron chi connectivity index (χ3n) is 4.93. The smallest absolute Gasteiger partial charge is 0.136 e. The predicted molar refractivity (Wildman–Crippen MR) is 114 cm³/mol. The van der Waals surface area contributed by atoms with Gasteiger partial charge in [-0.15, -0.1) is 0 Å². The van der Waals surface area contributed by atoms with Crippen molar-refractivity contribution in [3.8, 4) is 11.8 Å². The van der Waals surface area contributed by atoms with Crippen LogP contribution in [0.5, 0.6) is 5.75 Å². The summed E-state index contributed by atoms with van der Waals surface area (Å²) in [4.78, 5) is 2.29. The Kier molecular flexibility index (Phi) is 5.75. The van der Waals surface area contributed by atoms with Crippen molar-refractivity contribution < 1.29 is 9.47 Å². The number of ether oxygens (including phenoxy) is 2. The van der Waals surface area contributed by atoms with Gasteiger partial charge in [0.2, 0.25) is 0 Å². The van der Waals surface area contributed by atoms with Gasteiger partial charge in [-0.3, -0.25) is 0 Å². The minimum Gasteiger partial charge on any atom is -0.462 e. The fourth-order valence-electron chi connectivity index (χ4n) is 3.38. The molecule has 2 heterocycles. The zero-order valence-electron chi connectivity index (χ0n) is 17.2. The van der Waals surface area contributed by atoms with Crippen LogP contribution in [0.3, 0.4) is 0 Å². The molecule has 0 saturated carbocycles. The van der Waals surface area contributed by atoms with Crippen LogP contribution in [0.4, 0.5) is 5.69 Å². The number of fused-ring (bicyclic) bond motifs is 1. The molecule has 0 fully saturated rings. The summed E-state index contributed by atoms with van der Waals surface area (Å²) in [5.74, 6) is 2.98. The van der Waals surface area contributed by atoms with Gasteiger partial charge >= 0.3 is 0 Å². The van der Waals surface area contributed by atoms with E-state index >= 15 is 0 Å². The molecule has 2 aliphatic rings. The second-order valence-electron chi connectivity index (χ2n) is 6.92. The molecule has 0 aromatic heterocycles. The molecule has 0 N–H and O–H groups in total. The summed E-state index contributed by atoms with van der Waals surface area (Å²) in [6.45, 7) is 12.0. The quantitative estimate of drug-likeness (QED) is 0.618. The zero-order valence-corrected chi connectivity index (χ0v) is 17.2. The van der Waals surface area contributed by atoms with Crippen LogP contribution in [-0.2, 0) is 4.74 Å². The van der Waals surface area contributed by atoms with Crippen LogP contribution in [0.2, 0.25) is 0 Å². The van der Waals surface area contributed by atoms with Crippen molar-refractivity contribution in [3.63, 3.8) is 0 Å². The van der Waals surface area contributed by atoms with Gasteiger partial charge in [0, 0.05) is 42.1 Å². The molecule has 0 bridgehead atoms. The lowest BCUT2D eigenvalue weighted by Crippen LogP contribution is -2.21. The lowest BCUT2D eigenvalue weighted by atomic mass is 10.0. The van der Waals surface area contributed by atoms with Gasteiger partial charge in [-0.25, -0.2) is 0 Å². The van der Waals surface area contributed by atoms with E-state index in [1.165, 1.54) is 0 Å². The summed E-state index contributed by atoms with van der Waals surface area (Å²) in [7, 11) is 0. The van der Waals surface area contributed by atoms with E-state index in [0.29, 0.717) is 11.3 Å². The van der Waals surface area contributed by atoms with Crippen LogP contribution in [-0.4, -0.2) is 13.1 Å². The number of nitriles is 1. The fourth-order valence-corrected chi connectivity index (χ4v) is 3.38. The molecule has 1 aromatic carbocycles. The second kappa shape index (κ2) is 8.22. The van der Waals surface area contributed by atoms with Crippen LogP contribution in [0.15, 0.2) is 70.9 Å². The number of benzene rings is 1. The molecule has 1 aromatic rings. The van der Waals surface area contributed by atoms with E-state index in [1.807, 2.05) is 31.2 Å². The van der Waals surface area contributed by atoms with Gasteiger partial charge in [0.25, 0.3) is 0 Å². The van der Waals surface area contributed by atoms with Gasteiger partial charge in [-0.1, -0.05) is 0 Å². The fraction of sp³-hybridized carbons (Fsp3) is 0.292. The molecular formula is C24H26N2O2. The van der Waals surface area contributed by atoms with Crippen molar-refractivity contribution >= 4 is 11.3 Å². The average molecular weight is 374 g/mol. The van der Waals surface area contributed by atoms with E-state index in [0.717, 1.165) is 52.8 Å². The molecule has 2 aliphatic heterocycles. The molecule has 4 nitrogen and oxygen atoms in total. The van der Waals surface area contributed by atoms with Gasteiger partial charge in [0.1, 0.15) is 23.0 Å². The molecule has 0 atom stereocenters. The lowest BCUT2D eigenvalue weighted by molar-refractivity contribution is 0.313. The van der Waals surface area contributed by atoms with Crippen molar-refractivity contribution in [2.45, 2.75) is 34.6 Å². The van der Waals surface area contributed by atoms with E-state index in [1.54, 1.807) is 6.92 Å². The molecule has 0 spiro atoms. The summed E-state index contributed by atoms with van der Waals surface area (Å²) in [6, 6.07) is 8.55. The summed E-state index contributed by atoms with van der Waals surface area (Å²) < 4.78 is 12.0. The Morgan fingerprint density at radius 3 is 2.54 bits per heavy atom. The van der Waals surface area contributed by atoms with Crippen molar-refractivity contribution in [2.75, 3.05) is 18.0 Å². The van der Waals surface area contributed by atoms with Gasteiger partial charge in [0.15, 0.2) is 0 Å². The molecule has 0 unspecified atom stereocenters. The van der Waals surface area contributed by atoms with E-state index in [4.69, 9.17) is 9.47 Å². The van der Waals surface area contributed by atoms with Crippen LogP contribution >= 0.6 is 0 Å². The Hall–Kier alpha value is -3.19. The molecule has 0 saturated heterocycles. The Labute approximate surface area is 167 Å². The molecule has 3 rings (SSSR count). The summed E-state index contributed by atoms with van der Waals surface area (Å²) in [5.41, 5.74) is 4.91. The number of rotatable bonds is 4.